The first-order valence-corrected chi connectivity index (χ1v) is 11.9. The molecule has 3 heterocycles. The van der Waals surface area contributed by atoms with Crippen LogP contribution in [0, 0.1) is 0 Å². The number of hydrogen-bond acceptors (Lipinski definition) is 4. The standard InChI is InChI=1S/C27H28N4O3/c1-18(2)23-21(26(33)31(28-23)20-14-8-4-9-15-20)22-24(29-16-10-5-11-17-29)27(34)30(25(22)32)19-12-6-3-7-13-19/h4-5,8-11,14-19H,3,6-7,12-13H2,1-2H3. The van der Waals surface area contributed by atoms with Crippen molar-refractivity contribution in [2.75, 3.05) is 0 Å². The molecule has 1 aliphatic heterocycles. The SMILES string of the molecule is CC(C)c1nn(-c2ccccc2)c([O-])c1C1=C([n+]2ccccc2)C(=O)N(C2CCCCC2)C1=O. The van der Waals surface area contributed by atoms with Crippen molar-refractivity contribution in [2.24, 2.45) is 0 Å². The smallest absolute Gasteiger partial charge is 0.327 e. The summed E-state index contributed by atoms with van der Waals surface area (Å²) in [4.78, 5) is 29.1. The highest BCUT2D eigenvalue weighted by Crippen LogP contribution is 2.41. The Morgan fingerprint density at radius 2 is 1.59 bits per heavy atom. The lowest BCUT2D eigenvalue weighted by Gasteiger charge is -2.29. The Hall–Kier alpha value is -3.74. The van der Waals surface area contributed by atoms with E-state index in [1.165, 1.54) is 9.58 Å². The van der Waals surface area contributed by atoms with Gasteiger partial charge in [0.1, 0.15) is 5.57 Å². The molecule has 0 unspecified atom stereocenters. The largest absolute Gasteiger partial charge is 0.858 e. The van der Waals surface area contributed by atoms with Gasteiger partial charge in [-0.1, -0.05) is 57.4 Å². The molecule has 3 aromatic rings. The van der Waals surface area contributed by atoms with Crippen molar-refractivity contribution >= 4 is 23.1 Å². The Bertz CT molecular complexity index is 1260. The number of benzene rings is 1. The van der Waals surface area contributed by atoms with Crippen LogP contribution in [0.3, 0.4) is 0 Å². The Morgan fingerprint density at radius 3 is 2.24 bits per heavy atom. The third-order valence-corrected chi connectivity index (χ3v) is 6.67. The minimum Gasteiger partial charge on any atom is -0.858 e. The van der Waals surface area contributed by atoms with Gasteiger partial charge in [-0.05, 0) is 36.8 Å². The first-order chi connectivity index (χ1) is 16.5. The second-order valence-electron chi connectivity index (χ2n) is 9.25. The second kappa shape index (κ2) is 8.89. The van der Waals surface area contributed by atoms with Crippen molar-refractivity contribution in [3.63, 3.8) is 0 Å². The van der Waals surface area contributed by atoms with Crippen LogP contribution in [0.4, 0.5) is 0 Å². The minimum absolute atomic E-state index is 0.117. The predicted octanol–water partition coefficient (Wildman–Crippen LogP) is 3.43. The average molecular weight is 457 g/mol. The highest BCUT2D eigenvalue weighted by molar-refractivity contribution is 6.45. The number of carbonyl (C=O) groups is 2. The zero-order chi connectivity index (χ0) is 23.8. The van der Waals surface area contributed by atoms with E-state index >= 15 is 0 Å². The van der Waals surface area contributed by atoms with Crippen molar-refractivity contribution < 1.29 is 19.3 Å². The molecule has 7 heteroatoms. The van der Waals surface area contributed by atoms with E-state index < -0.39 is 5.91 Å². The van der Waals surface area contributed by atoms with Gasteiger partial charge in [0, 0.05) is 23.7 Å². The number of amides is 2. The lowest BCUT2D eigenvalue weighted by molar-refractivity contribution is -0.576. The van der Waals surface area contributed by atoms with E-state index in [-0.39, 0.29) is 40.6 Å². The Kier molecular flexibility index (Phi) is 5.77. The summed E-state index contributed by atoms with van der Waals surface area (Å²) in [6.07, 6.45) is 8.16. The Balaban J connectivity index is 1.74. The Labute approximate surface area is 199 Å². The van der Waals surface area contributed by atoms with Crippen molar-refractivity contribution in [3.8, 4) is 11.6 Å². The molecule has 174 valence electrons. The summed E-state index contributed by atoms with van der Waals surface area (Å²) in [5.74, 6) is -1.24. The maximum absolute atomic E-state index is 13.9. The summed E-state index contributed by atoms with van der Waals surface area (Å²) in [6.45, 7) is 3.88. The van der Waals surface area contributed by atoms with Gasteiger partial charge in [-0.2, -0.15) is 9.67 Å². The van der Waals surface area contributed by atoms with E-state index in [0.29, 0.717) is 11.4 Å². The number of nitrogens with zero attached hydrogens (tertiary/aromatic N) is 4. The van der Waals surface area contributed by atoms with Crippen LogP contribution < -0.4 is 9.67 Å². The molecule has 2 aliphatic rings. The molecule has 0 bridgehead atoms. The maximum Gasteiger partial charge on any atom is 0.327 e. The van der Waals surface area contributed by atoms with Gasteiger partial charge in [-0.15, -0.1) is 0 Å². The molecule has 0 spiro atoms. The summed E-state index contributed by atoms with van der Waals surface area (Å²) in [7, 11) is 0. The third kappa shape index (κ3) is 3.61. The van der Waals surface area contributed by atoms with E-state index in [2.05, 4.69) is 5.10 Å². The number of rotatable bonds is 5. The van der Waals surface area contributed by atoms with Crippen LogP contribution in [0.1, 0.15) is 63.1 Å². The minimum atomic E-state index is -0.394. The average Bonchev–Trinajstić information content (AvgIpc) is 3.33. The van der Waals surface area contributed by atoms with E-state index in [1.807, 2.05) is 38.1 Å². The number of para-hydroxylation sites is 1. The third-order valence-electron chi connectivity index (χ3n) is 6.67. The number of pyridine rings is 1. The van der Waals surface area contributed by atoms with Crippen LogP contribution in [0.25, 0.3) is 17.0 Å². The van der Waals surface area contributed by atoms with Gasteiger partial charge in [-0.25, -0.2) is 4.68 Å². The van der Waals surface area contributed by atoms with E-state index in [0.717, 1.165) is 32.1 Å². The zero-order valence-electron chi connectivity index (χ0n) is 19.5. The molecule has 1 saturated carbocycles. The van der Waals surface area contributed by atoms with Crippen molar-refractivity contribution in [1.29, 1.82) is 0 Å². The molecule has 2 amide bonds. The van der Waals surface area contributed by atoms with Crippen LogP contribution in [0.2, 0.25) is 0 Å². The number of aromatic nitrogens is 3. The van der Waals surface area contributed by atoms with Gasteiger partial charge in [0.25, 0.3) is 11.6 Å². The van der Waals surface area contributed by atoms with Gasteiger partial charge in [-0.3, -0.25) is 14.5 Å². The van der Waals surface area contributed by atoms with Crippen molar-refractivity contribution in [2.45, 2.75) is 57.9 Å². The van der Waals surface area contributed by atoms with Crippen molar-refractivity contribution in [3.05, 3.63) is 72.2 Å². The molecule has 2 aromatic heterocycles. The van der Waals surface area contributed by atoms with Gasteiger partial charge in [0.05, 0.1) is 11.4 Å². The summed E-state index contributed by atoms with van der Waals surface area (Å²) < 4.78 is 2.99. The van der Waals surface area contributed by atoms with E-state index in [4.69, 9.17) is 0 Å². The predicted molar refractivity (Wildman–Crippen MR) is 126 cm³/mol. The summed E-state index contributed by atoms with van der Waals surface area (Å²) >= 11 is 0. The van der Waals surface area contributed by atoms with Crippen LogP contribution >= 0.6 is 0 Å². The highest BCUT2D eigenvalue weighted by Gasteiger charge is 2.49. The van der Waals surface area contributed by atoms with Gasteiger partial charge in [0.15, 0.2) is 12.4 Å². The first-order valence-electron chi connectivity index (χ1n) is 11.9. The summed E-state index contributed by atoms with van der Waals surface area (Å²) in [5.41, 5.74) is 1.74. The Morgan fingerprint density at radius 1 is 0.941 bits per heavy atom. The van der Waals surface area contributed by atoms with Crippen LogP contribution in [0.5, 0.6) is 5.88 Å². The maximum atomic E-state index is 13.9. The molecule has 1 fully saturated rings. The fourth-order valence-electron chi connectivity index (χ4n) is 5.02. The molecular weight excluding hydrogens is 428 g/mol. The highest BCUT2D eigenvalue weighted by atomic mass is 16.3. The molecular formula is C27H28N4O3. The summed E-state index contributed by atoms with van der Waals surface area (Å²) in [6, 6.07) is 14.5. The zero-order valence-corrected chi connectivity index (χ0v) is 19.5. The van der Waals surface area contributed by atoms with Gasteiger partial charge >= 0.3 is 5.91 Å². The quantitative estimate of drug-likeness (QED) is 0.435. The molecule has 0 radical (unpaired) electrons. The molecule has 5 rings (SSSR count). The fourth-order valence-corrected chi connectivity index (χ4v) is 5.02. The van der Waals surface area contributed by atoms with Crippen LogP contribution in [-0.4, -0.2) is 32.5 Å². The molecule has 0 N–H and O–H groups in total. The number of hydrogen-bond donors (Lipinski definition) is 0. The lowest BCUT2D eigenvalue weighted by atomic mass is 9.94. The summed E-state index contributed by atoms with van der Waals surface area (Å²) in [5, 5.41) is 18.4. The molecule has 1 aliphatic carbocycles. The molecule has 34 heavy (non-hydrogen) atoms. The molecule has 7 nitrogen and oxygen atoms in total. The molecule has 0 atom stereocenters. The second-order valence-corrected chi connectivity index (χ2v) is 9.25. The van der Waals surface area contributed by atoms with Crippen LogP contribution in [-0.2, 0) is 9.59 Å². The monoisotopic (exact) mass is 456 g/mol. The first kappa shape index (κ1) is 22.1. The molecule has 0 saturated heterocycles. The van der Waals surface area contributed by atoms with Crippen molar-refractivity contribution in [1.82, 2.24) is 14.7 Å². The lowest BCUT2D eigenvalue weighted by Crippen LogP contribution is -2.45. The van der Waals surface area contributed by atoms with Gasteiger partial charge < -0.3 is 5.11 Å². The van der Waals surface area contributed by atoms with Gasteiger partial charge in [0.2, 0.25) is 0 Å². The van der Waals surface area contributed by atoms with E-state index in [9.17, 15) is 14.7 Å². The van der Waals surface area contributed by atoms with Crippen LogP contribution in [0.15, 0.2) is 60.9 Å². The van der Waals surface area contributed by atoms with E-state index in [1.54, 1.807) is 41.2 Å². The number of carbonyl (C=O) groups excluding carboxylic acids is 2. The number of imide groups is 1. The molecule has 1 aromatic carbocycles. The topological polar surface area (TPSA) is 82.1 Å². The fraction of sp³-hybridized carbons (Fsp3) is 0.333. The normalized spacial score (nSPS) is 17.3.